The average Bonchev–Trinajstić information content (AvgIpc) is 3.67. The molecule has 6 heteroatoms. The summed E-state index contributed by atoms with van der Waals surface area (Å²) >= 11 is 0. The summed E-state index contributed by atoms with van der Waals surface area (Å²) in [4.78, 5) is 30.0. The largest absolute Gasteiger partial charge is 0.466 e. The lowest BCUT2D eigenvalue weighted by atomic mass is 9.84. The fourth-order valence-corrected chi connectivity index (χ4v) is 4.48. The summed E-state index contributed by atoms with van der Waals surface area (Å²) in [5, 5.41) is 11.8. The number of Topliss-reactive ketones (excluding diaryl/α,β-unsaturated/α-hetero) is 1. The van der Waals surface area contributed by atoms with E-state index < -0.39 is 18.0 Å². The number of nitrogens with zero attached hydrogens (tertiary/aromatic N) is 1. The molecule has 1 N–H and O–H groups in total. The third-order valence-electron chi connectivity index (χ3n) is 6.43. The predicted molar refractivity (Wildman–Crippen MR) is 129 cm³/mol. The monoisotopic (exact) mass is 463 g/mol. The number of aromatic nitrogens is 1. The molecule has 3 aromatic rings. The molecule has 1 aromatic heterocycles. The van der Waals surface area contributed by atoms with Gasteiger partial charge in [-0.05, 0) is 61.1 Å². The number of ether oxygens (including phenoxy) is 1. The van der Waals surface area contributed by atoms with Crippen LogP contribution in [0.2, 0.25) is 0 Å². The molecule has 0 saturated heterocycles. The maximum absolute atomic E-state index is 13.8. The molecule has 5 nitrogen and oxygen atoms in total. The van der Waals surface area contributed by atoms with Crippen molar-refractivity contribution in [2.45, 2.75) is 58.0 Å². The number of carbonyl (C=O) groups is 2. The van der Waals surface area contributed by atoms with Gasteiger partial charge in [-0.2, -0.15) is 0 Å². The van der Waals surface area contributed by atoms with Gasteiger partial charge in [0.15, 0.2) is 0 Å². The zero-order chi connectivity index (χ0) is 24.2. The first-order valence-corrected chi connectivity index (χ1v) is 12.0. The molecule has 178 valence electrons. The highest BCUT2D eigenvalue weighted by atomic mass is 19.1. The van der Waals surface area contributed by atoms with Gasteiger partial charge in [-0.25, -0.2) is 4.39 Å². The van der Waals surface area contributed by atoms with Crippen LogP contribution in [0.5, 0.6) is 0 Å². The van der Waals surface area contributed by atoms with Gasteiger partial charge in [-0.1, -0.05) is 37.3 Å². The van der Waals surface area contributed by atoms with Crippen molar-refractivity contribution in [3.8, 4) is 11.1 Å². The molecule has 1 heterocycles. The summed E-state index contributed by atoms with van der Waals surface area (Å²) in [6, 6.07) is 14.1. The van der Waals surface area contributed by atoms with Gasteiger partial charge in [0, 0.05) is 29.8 Å². The summed E-state index contributed by atoms with van der Waals surface area (Å²) in [6.45, 7) is 3.63. The Morgan fingerprint density at radius 2 is 1.82 bits per heavy atom. The molecule has 0 radical (unpaired) electrons. The number of hydrogen-bond acceptors (Lipinski definition) is 5. The molecule has 1 aliphatic carbocycles. The summed E-state index contributed by atoms with van der Waals surface area (Å²) in [5.41, 5.74) is 4.30. The number of aliphatic hydroxyl groups excluding tert-OH is 1. The molecule has 0 spiro atoms. The van der Waals surface area contributed by atoms with Crippen LogP contribution in [-0.4, -0.2) is 34.6 Å². The molecule has 2 unspecified atom stereocenters. The maximum atomic E-state index is 13.8. The van der Waals surface area contributed by atoms with Gasteiger partial charge in [-0.15, -0.1) is 0 Å². The number of carbonyl (C=O) groups excluding carboxylic acids is 2. The Kier molecular flexibility index (Phi) is 7.37. The van der Waals surface area contributed by atoms with Gasteiger partial charge in [0.05, 0.1) is 24.1 Å². The Hall–Kier alpha value is -3.12. The van der Waals surface area contributed by atoms with E-state index in [1.807, 2.05) is 24.3 Å². The molecule has 0 aliphatic heterocycles. The van der Waals surface area contributed by atoms with Crippen LogP contribution in [0.4, 0.5) is 4.39 Å². The molecule has 2 atom stereocenters. The van der Waals surface area contributed by atoms with E-state index >= 15 is 0 Å². The van der Waals surface area contributed by atoms with Gasteiger partial charge < -0.3 is 9.84 Å². The minimum atomic E-state index is -1.16. The lowest BCUT2D eigenvalue weighted by Gasteiger charge is -2.24. The van der Waals surface area contributed by atoms with E-state index in [0.717, 1.165) is 46.1 Å². The van der Waals surface area contributed by atoms with Gasteiger partial charge in [0.1, 0.15) is 11.6 Å². The number of fused-ring (bicyclic) bond motifs is 1. The number of esters is 1. The highest BCUT2D eigenvalue weighted by Crippen LogP contribution is 2.45. The van der Waals surface area contributed by atoms with Gasteiger partial charge >= 0.3 is 5.97 Å². The highest BCUT2D eigenvalue weighted by molar-refractivity contribution is 5.97. The van der Waals surface area contributed by atoms with E-state index in [4.69, 9.17) is 9.72 Å². The number of halogens is 1. The zero-order valence-corrected chi connectivity index (χ0v) is 19.6. The number of rotatable bonds is 10. The Morgan fingerprint density at radius 3 is 2.47 bits per heavy atom. The second-order valence-corrected chi connectivity index (χ2v) is 8.88. The van der Waals surface area contributed by atoms with Crippen LogP contribution in [0, 0.1) is 11.7 Å². The third kappa shape index (κ3) is 5.17. The van der Waals surface area contributed by atoms with Crippen molar-refractivity contribution >= 4 is 22.7 Å². The van der Waals surface area contributed by atoms with Crippen molar-refractivity contribution in [1.82, 2.24) is 4.98 Å². The number of benzene rings is 2. The Labute approximate surface area is 199 Å². The predicted octanol–water partition coefficient (Wildman–Crippen LogP) is 5.37. The fourth-order valence-electron chi connectivity index (χ4n) is 4.48. The minimum Gasteiger partial charge on any atom is -0.466 e. The summed E-state index contributed by atoms with van der Waals surface area (Å²) in [6.07, 6.45) is 1.22. The van der Waals surface area contributed by atoms with Crippen LogP contribution in [0.3, 0.4) is 0 Å². The second-order valence-electron chi connectivity index (χ2n) is 8.88. The Bertz CT molecular complexity index is 1190. The topological polar surface area (TPSA) is 76.5 Å². The van der Waals surface area contributed by atoms with Crippen LogP contribution in [0.15, 0.2) is 48.5 Å². The van der Waals surface area contributed by atoms with Gasteiger partial charge in [-0.3, -0.25) is 14.6 Å². The van der Waals surface area contributed by atoms with Crippen LogP contribution in [-0.2, 0) is 20.7 Å². The third-order valence-corrected chi connectivity index (χ3v) is 6.43. The van der Waals surface area contributed by atoms with E-state index in [9.17, 15) is 19.1 Å². The summed E-state index contributed by atoms with van der Waals surface area (Å²) in [7, 11) is 0. The second kappa shape index (κ2) is 10.4. The van der Waals surface area contributed by atoms with Crippen LogP contribution >= 0.6 is 0 Å². The van der Waals surface area contributed by atoms with Crippen LogP contribution < -0.4 is 0 Å². The Morgan fingerprint density at radius 1 is 1.12 bits per heavy atom. The minimum absolute atomic E-state index is 0.106. The first kappa shape index (κ1) is 24.0. The van der Waals surface area contributed by atoms with E-state index in [0.29, 0.717) is 0 Å². The Balaban J connectivity index is 1.89. The van der Waals surface area contributed by atoms with Gasteiger partial charge in [0.25, 0.3) is 0 Å². The molecule has 0 bridgehead atoms. The maximum Gasteiger partial charge on any atom is 0.311 e. The number of pyridine rings is 1. The molecule has 1 aliphatic rings. The van der Waals surface area contributed by atoms with Crippen molar-refractivity contribution in [3.63, 3.8) is 0 Å². The summed E-state index contributed by atoms with van der Waals surface area (Å²) in [5.74, 6) is -1.60. The van der Waals surface area contributed by atoms with Crippen molar-refractivity contribution in [1.29, 1.82) is 0 Å². The normalized spacial score (nSPS) is 15.2. The smallest absolute Gasteiger partial charge is 0.311 e. The van der Waals surface area contributed by atoms with Crippen molar-refractivity contribution < 1.29 is 23.8 Å². The number of aliphatic hydroxyl groups is 1. The first-order chi connectivity index (χ1) is 16.4. The number of ketones is 1. The van der Waals surface area contributed by atoms with Crippen LogP contribution in [0.25, 0.3) is 22.0 Å². The molecule has 1 fully saturated rings. The van der Waals surface area contributed by atoms with E-state index in [1.54, 1.807) is 26.0 Å². The molecular weight excluding hydrogens is 433 g/mol. The van der Waals surface area contributed by atoms with Crippen molar-refractivity contribution in [3.05, 3.63) is 65.6 Å². The van der Waals surface area contributed by atoms with Crippen molar-refractivity contribution in [2.24, 2.45) is 5.92 Å². The van der Waals surface area contributed by atoms with E-state index in [2.05, 4.69) is 0 Å². The van der Waals surface area contributed by atoms with Crippen molar-refractivity contribution in [2.75, 3.05) is 6.61 Å². The standard InChI is InChI=1S/C28H30FNO4/c1-3-20(31)15-25(32)22(28(33)34-4-2)16-23-26(17-11-13-19(29)14-12-17)21-7-5-6-8-24(21)30-27(23)18-9-10-18/h5-8,11-14,18,22,25,32H,3-4,9-10,15-16H2,1-2H3. The SMILES string of the molecule is CCOC(=O)C(Cc1c(C2CC2)nc2ccccc2c1-c1ccc(F)cc1)C(O)CC(=O)CC. The number of para-hydroxylation sites is 1. The van der Waals surface area contributed by atoms with Gasteiger partial charge in [0.2, 0.25) is 0 Å². The van der Waals surface area contributed by atoms with E-state index in [1.165, 1.54) is 12.1 Å². The molecule has 1 saturated carbocycles. The molecule has 2 aromatic carbocycles. The quantitative estimate of drug-likeness (QED) is 0.409. The van der Waals surface area contributed by atoms with E-state index in [-0.39, 0.29) is 43.4 Å². The lowest BCUT2D eigenvalue weighted by molar-refractivity contribution is -0.152. The fraction of sp³-hybridized carbons (Fsp3) is 0.393. The summed E-state index contributed by atoms with van der Waals surface area (Å²) < 4.78 is 19.1. The number of hydrogen-bond donors (Lipinski definition) is 1. The zero-order valence-electron chi connectivity index (χ0n) is 19.6. The van der Waals surface area contributed by atoms with Crippen LogP contribution in [0.1, 0.15) is 56.7 Å². The lowest BCUT2D eigenvalue weighted by Crippen LogP contribution is -2.34. The first-order valence-electron chi connectivity index (χ1n) is 12.0. The molecule has 4 rings (SSSR count). The average molecular weight is 464 g/mol. The molecule has 0 amide bonds. The highest BCUT2D eigenvalue weighted by Gasteiger charge is 2.35. The molecule has 34 heavy (non-hydrogen) atoms. The molecular formula is C28H30FNO4.